The maximum Gasteiger partial charge on any atom is 0.234 e. The van der Waals surface area contributed by atoms with Crippen molar-refractivity contribution in [2.24, 2.45) is 0 Å². The van der Waals surface area contributed by atoms with Crippen LogP contribution in [0.4, 0.5) is 0 Å². The van der Waals surface area contributed by atoms with Gasteiger partial charge in [0.15, 0.2) is 11.0 Å². The second-order valence-corrected chi connectivity index (χ2v) is 9.86. The van der Waals surface area contributed by atoms with Crippen molar-refractivity contribution in [2.75, 3.05) is 19.4 Å². The van der Waals surface area contributed by atoms with E-state index in [0.29, 0.717) is 6.54 Å². The number of carbonyl (C=O) groups is 1. The van der Waals surface area contributed by atoms with Gasteiger partial charge in [-0.15, -0.1) is 21.5 Å². The third-order valence-corrected chi connectivity index (χ3v) is 7.92. The zero-order valence-electron chi connectivity index (χ0n) is 17.2. The highest BCUT2D eigenvalue weighted by molar-refractivity contribution is 7.99. The van der Waals surface area contributed by atoms with Gasteiger partial charge < -0.3 is 9.64 Å². The highest BCUT2D eigenvalue weighted by atomic mass is 32.2. The minimum absolute atomic E-state index is 0.0345. The average Bonchev–Trinajstić information content (AvgIpc) is 3.55. The van der Waals surface area contributed by atoms with E-state index < -0.39 is 5.54 Å². The van der Waals surface area contributed by atoms with Gasteiger partial charge in [-0.3, -0.25) is 9.36 Å². The molecule has 0 bridgehead atoms. The van der Waals surface area contributed by atoms with Crippen LogP contribution in [0.5, 0.6) is 0 Å². The van der Waals surface area contributed by atoms with Crippen LogP contribution in [0.2, 0.25) is 0 Å². The zero-order valence-corrected chi connectivity index (χ0v) is 18.9. The van der Waals surface area contributed by atoms with Crippen LogP contribution in [0.15, 0.2) is 22.7 Å². The van der Waals surface area contributed by atoms with E-state index in [-0.39, 0.29) is 17.8 Å². The average molecular weight is 446 g/mol. The Balaban J connectivity index is 1.48. The lowest BCUT2D eigenvalue weighted by atomic mass is 9.81. The third-order valence-electron chi connectivity index (χ3n) is 6.10. The Hall–Kier alpha value is -1.89. The van der Waals surface area contributed by atoms with Crippen LogP contribution in [-0.4, -0.2) is 56.6 Å². The van der Waals surface area contributed by atoms with Gasteiger partial charge in [0.05, 0.1) is 29.3 Å². The number of nitriles is 1. The molecule has 1 amide bonds. The highest BCUT2D eigenvalue weighted by Crippen LogP contribution is 2.34. The van der Waals surface area contributed by atoms with Gasteiger partial charge in [-0.25, -0.2) is 0 Å². The van der Waals surface area contributed by atoms with Crippen LogP contribution in [0.25, 0.3) is 10.7 Å². The van der Waals surface area contributed by atoms with Crippen LogP contribution in [-0.2, 0) is 16.1 Å². The molecule has 1 saturated carbocycles. The Morgan fingerprint density at radius 3 is 2.90 bits per heavy atom. The monoisotopic (exact) mass is 445 g/mol. The summed E-state index contributed by atoms with van der Waals surface area (Å²) in [6.45, 7) is 1.48. The molecule has 0 radical (unpaired) electrons. The standard InChI is InChI=1S/C21H27N5O2S2/c1-25(21(15-22)9-3-2-4-10-21)18(27)14-30-20-24-23-19(17-8-6-12-29-17)26(20)13-16-7-5-11-28-16/h6,8,12,16H,2-5,7,9-11,13-14H2,1H3. The predicted molar refractivity (Wildman–Crippen MR) is 117 cm³/mol. The number of hydrogen-bond donors (Lipinski definition) is 0. The molecule has 2 aromatic rings. The fourth-order valence-electron chi connectivity index (χ4n) is 4.26. The first-order valence-corrected chi connectivity index (χ1v) is 12.4. The molecule has 30 heavy (non-hydrogen) atoms. The molecule has 1 atom stereocenters. The Morgan fingerprint density at radius 2 is 2.23 bits per heavy atom. The van der Waals surface area contributed by atoms with Crippen LogP contribution in [0.1, 0.15) is 44.9 Å². The Labute approximate surface area is 185 Å². The summed E-state index contributed by atoms with van der Waals surface area (Å²) in [7, 11) is 1.77. The van der Waals surface area contributed by atoms with Gasteiger partial charge in [-0.05, 0) is 37.1 Å². The SMILES string of the molecule is CN(C(=O)CSc1nnc(-c2cccs2)n1CC1CCCO1)C1(C#N)CCCCC1. The molecule has 2 aromatic heterocycles. The van der Waals surface area contributed by atoms with Crippen molar-refractivity contribution in [1.29, 1.82) is 5.26 Å². The summed E-state index contributed by atoms with van der Waals surface area (Å²) in [6, 6.07) is 6.46. The van der Waals surface area contributed by atoms with Crippen molar-refractivity contribution in [2.45, 2.75) is 68.3 Å². The summed E-state index contributed by atoms with van der Waals surface area (Å²) in [5.41, 5.74) is -0.663. The van der Waals surface area contributed by atoms with E-state index in [9.17, 15) is 10.1 Å². The molecule has 0 N–H and O–H groups in total. The molecule has 2 fully saturated rings. The summed E-state index contributed by atoms with van der Waals surface area (Å²) in [5.74, 6) is 1.03. The number of ether oxygens (including phenoxy) is 1. The van der Waals surface area contributed by atoms with Crippen molar-refractivity contribution in [1.82, 2.24) is 19.7 Å². The van der Waals surface area contributed by atoms with Crippen molar-refractivity contribution < 1.29 is 9.53 Å². The van der Waals surface area contributed by atoms with Crippen molar-refractivity contribution in [3.8, 4) is 16.8 Å². The second kappa shape index (κ2) is 9.50. The van der Waals surface area contributed by atoms with Crippen LogP contribution in [0, 0.1) is 11.3 Å². The summed E-state index contributed by atoms with van der Waals surface area (Å²) in [5, 5.41) is 21.3. The number of amides is 1. The van der Waals surface area contributed by atoms with Crippen molar-refractivity contribution in [3.05, 3.63) is 17.5 Å². The zero-order chi connectivity index (χ0) is 21.0. The Morgan fingerprint density at radius 1 is 1.40 bits per heavy atom. The van der Waals surface area contributed by atoms with E-state index in [1.807, 2.05) is 17.5 Å². The maximum atomic E-state index is 12.9. The van der Waals surface area contributed by atoms with Gasteiger partial charge in [0, 0.05) is 13.7 Å². The molecule has 2 aliphatic rings. The van der Waals surface area contributed by atoms with E-state index in [2.05, 4.69) is 20.8 Å². The van der Waals surface area contributed by atoms with Crippen LogP contribution >= 0.6 is 23.1 Å². The highest BCUT2D eigenvalue weighted by Gasteiger charge is 2.38. The molecular weight excluding hydrogens is 418 g/mol. The van der Waals surface area contributed by atoms with Crippen molar-refractivity contribution in [3.63, 3.8) is 0 Å². The molecule has 160 valence electrons. The van der Waals surface area contributed by atoms with E-state index in [1.165, 1.54) is 11.8 Å². The molecule has 1 unspecified atom stereocenters. The normalized spacial score (nSPS) is 20.7. The molecular formula is C21H27N5O2S2. The van der Waals surface area contributed by atoms with Crippen molar-refractivity contribution >= 4 is 29.0 Å². The summed E-state index contributed by atoms with van der Waals surface area (Å²) in [4.78, 5) is 15.7. The predicted octanol–water partition coefficient (Wildman–Crippen LogP) is 3.96. The van der Waals surface area contributed by atoms with Gasteiger partial charge in [-0.1, -0.05) is 37.1 Å². The molecule has 4 rings (SSSR count). The fourth-order valence-corrected chi connectivity index (χ4v) is 5.84. The summed E-state index contributed by atoms with van der Waals surface area (Å²) in [6.07, 6.45) is 6.90. The molecule has 7 nitrogen and oxygen atoms in total. The Bertz CT molecular complexity index is 893. The topological polar surface area (TPSA) is 84.0 Å². The number of aromatic nitrogens is 3. The largest absolute Gasteiger partial charge is 0.376 e. The maximum absolute atomic E-state index is 12.9. The molecule has 0 spiro atoms. The van der Waals surface area contributed by atoms with E-state index in [1.54, 1.807) is 23.3 Å². The molecule has 1 saturated heterocycles. The first kappa shape index (κ1) is 21.3. The van der Waals surface area contributed by atoms with Crippen LogP contribution < -0.4 is 0 Å². The van der Waals surface area contributed by atoms with E-state index in [4.69, 9.17) is 4.74 Å². The lowest BCUT2D eigenvalue weighted by molar-refractivity contribution is -0.131. The van der Waals surface area contributed by atoms with Crippen LogP contribution in [0.3, 0.4) is 0 Å². The minimum atomic E-state index is -0.663. The van der Waals surface area contributed by atoms with Gasteiger partial charge in [0.25, 0.3) is 0 Å². The second-order valence-electron chi connectivity index (χ2n) is 7.97. The van der Waals surface area contributed by atoms with Gasteiger partial charge in [0.1, 0.15) is 5.54 Å². The number of hydrogen-bond acceptors (Lipinski definition) is 7. The number of thioether (sulfide) groups is 1. The number of thiophene rings is 1. The molecule has 1 aliphatic heterocycles. The number of nitrogens with zero attached hydrogens (tertiary/aromatic N) is 5. The number of carbonyl (C=O) groups excluding carboxylic acids is 1. The summed E-state index contributed by atoms with van der Waals surface area (Å²) < 4.78 is 7.91. The van der Waals surface area contributed by atoms with E-state index in [0.717, 1.165) is 67.4 Å². The smallest absolute Gasteiger partial charge is 0.234 e. The first-order chi connectivity index (χ1) is 14.6. The fraction of sp³-hybridized carbons (Fsp3) is 0.619. The molecule has 9 heteroatoms. The third kappa shape index (κ3) is 4.41. The van der Waals surface area contributed by atoms with Gasteiger partial charge in [0.2, 0.25) is 5.91 Å². The lowest BCUT2D eigenvalue weighted by Crippen LogP contribution is -2.50. The lowest BCUT2D eigenvalue weighted by Gasteiger charge is -2.39. The quantitative estimate of drug-likeness (QED) is 0.600. The Kier molecular flexibility index (Phi) is 6.76. The minimum Gasteiger partial charge on any atom is -0.376 e. The van der Waals surface area contributed by atoms with E-state index >= 15 is 0 Å². The summed E-state index contributed by atoms with van der Waals surface area (Å²) >= 11 is 3.02. The molecule has 1 aliphatic carbocycles. The van der Waals surface area contributed by atoms with Gasteiger partial charge in [-0.2, -0.15) is 5.26 Å². The molecule has 0 aromatic carbocycles. The molecule has 3 heterocycles. The van der Waals surface area contributed by atoms with Gasteiger partial charge >= 0.3 is 0 Å². The first-order valence-electron chi connectivity index (χ1n) is 10.5. The number of rotatable bonds is 7.